The lowest BCUT2D eigenvalue weighted by Gasteiger charge is -2.18. The maximum absolute atomic E-state index is 6.48. The molecule has 0 atom stereocenters. The molecule has 0 aliphatic rings. The van der Waals surface area contributed by atoms with Gasteiger partial charge in [-0.15, -0.1) is 10.2 Å². The Labute approximate surface area is 355 Å². The minimum absolute atomic E-state index is 0.784. The molecule has 0 aliphatic heterocycles. The van der Waals surface area contributed by atoms with Crippen LogP contribution < -0.4 is 0 Å². The van der Waals surface area contributed by atoms with E-state index < -0.39 is 0 Å². The molecule has 4 aromatic heterocycles. The first-order valence-electron chi connectivity index (χ1n) is 20.9. The van der Waals surface area contributed by atoms with E-state index in [0.29, 0.717) is 0 Å². The van der Waals surface area contributed by atoms with Crippen LogP contribution >= 0.6 is 0 Å². The standard InChI is InChI=1S/C56H35N5O/c1-3-18-36(19-4-1)55-57-58-56(59(55)37-20-5-2-6-21-37)43-27-17-32-50-54(43)42-26-10-15-31-49(42)60(50)46-28-12-7-22-38(46)39-23-8-13-29-47(39)61-48-30-14-9-24-40(48)44-34-45-41-25-11-16-33-52(41)62-53(45)35-51(44)61/h1-35H. The van der Waals surface area contributed by atoms with Crippen molar-refractivity contribution in [2.75, 3.05) is 0 Å². The third-order valence-corrected chi connectivity index (χ3v) is 12.4. The number of para-hydroxylation sites is 6. The van der Waals surface area contributed by atoms with Gasteiger partial charge in [0.05, 0.1) is 33.4 Å². The lowest BCUT2D eigenvalue weighted by atomic mass is 10.0. The molecule has 0 radical (unpaired) electrons. The molecule has 6 heteroatoms. The van der Waals surface area contributed by atoms with Gasteiger partial charge in [-0.25, -0.2) is 0 Å². The van der Waals surface area contributed by atoms with Gasteiger partial charge >= 0.3 is 0 Å². The molecule has 0 spiro atoms. The SMILES string of the molecule is c1ccc(-c2nnc(-c3cccc4c3c3ccccc3n4-c3ccccc3-c3ccccc3-n3c4ccccc4c4cc5c(cc43)oc3ccccc35)n2-c2ccccc2)cc1. The summed E-state index contributed by atoms with van der Waals surface area (Å²) in [6.45, 7) is 0. The predicted octanol–water partition coefficient (Wildman–Crippen LogP) is 14.4. The molecule has 62 heavy (non-hydrogen) atoms. The van der Waals surface area contributed by atoms with Crippen molar-refractivity contribution in [3.8, 4) is 51.0 Å². The highest BCUT2D eigenvalue weighted by molar-refractivity contribution is 6.18. The van der Waals surface area contributed by atoms with E-state index in [9.17, 15) is 0 Å². The van der Waals surface area contributed by atoms with Crippen LogP contribution in [0, 0.1) is 0 Å². The molecule has 4 heterocycles. The van der Waals surface area contributed by atoms with Crippen molar-refractivity contribution in [3.63, 3.8) is 0 Å². The second-order valence-corrected chi connectivity index (χ2v) is 15.8. The molecule has 13 rings (SSSR count). The second kappa shape index (κ2) is 13.5. The normalized spacial score (nSPS) is 11.9. The zero-order chi connectivity index (χ0) is 40.7. The molecule has 0 N–H and O–H groups in total. The van der Waals surface area contributed by atoms with E-state index in [1.54, 1.807) is 0 Å². The number of hydrogen-bond acceptors (Lipinski definition) is 3. The first-order chi connectivity index (χ1) is 30.8. The summed E-state index contributed by atoms with van der Waals surface area (Å²) in [4.78, 5) is 0. The van der Waals surface area contributed by atoms with E-state index in [4.69, 9.17) is 14.6 Å². The van der Waals surface area contributed by atoms with Crippen LogP contribution in [0.4, 0.5) is 0 Å². The van der Waals surface area contributed by atoms with Gasteiger partial charge in [-0.05, 0) is 54.6 Å². The topological polar surface area (TPSA) is 53.7 Å². The molecule has 0 unspecified atom stereocenters. The molecule has 0 fully saturated rings. The average molecular weight is 794 g/mol. The molecule has 0 aliphatic carbocycles. The smallest absolute Gasteiger partial charge is 0.169 e. The van der Waals surface area contributed by atoms with E-state index in [0.717, 1.165) is 106 Å². The fraction of sp³-hybridized carbons (Fsp3) is 0. The Morgan fingerprint density at radius 1 is 0.323 bits per heavy atom. The quantitative estimate of drug-likeness (QED) is 0.168. The minimum atomic E-state index is 0.784. The van der Waals surface area contributed by atoms with Crippen LogP contribution in [0.5, 0.6) is 0 Å². The molecular formula is C56H35N5O. The lowest BCUT2D eigenvalue weighted by molar-refractivity contribution is 0.669. The van der Waals surface area contributed by atoms with Crippen molar-refractivity contribution < 1.29 is 4.42 Å². The number of furan rings is 1. The molecule has 0 saturated carbocycles. The van der Waals surface area contributed by atoms with Gasteiger partial charge in [0.15, 0.2) is 11.6 Å². The Morgan fingerprint density at radius 2 is 0.871 bits per heavy atom. The van der Waals surface area contributed by atoms with Crippen LogP contribution in [0.15, 0.2) is 217 Å². The maximum atomic E-state index is 6.48. The van der Waals surface area contributed by atoms with Crippen molar-refractivity contribution >= 4 is 65.6 Å². The Hall–Kier alpha value is -8.48. The average Bonchev–Trinajstić information content (AvgIpc) is 4.11. The monoisotopic (exact) mass is 793 g/mol. The first-order valence-corrected chi connectivity index (χ1v) is 20.9. The number of nitrogens with zero attached hydrogens (tertiary/aromatic N) is 5. The van der Waals surface area contributed by atoms with Crippen LogP contribution in [-0.2, 0) is 0 Å². The van der Waals surface area contributed by atoms with Gasteiger partial charge in [0.1, 0.15) is 11.2 Å². The highest BCUT2D eigenvalue weighted by Gasteiger charge is 2.25. The molecule has 0 bridgehead atoms. The number of aromatic nitrogens is 5. The van der Waals surface area contributed by atoms with Crippen molar-refractivity contribution in [2.45, 2.75) is 0 Å². The van der Waals surface area contributed by atoms with Crippen molar-refractivity contribution in [2.24, 2.45) is 0 Å². The Kier molecular flexibility index (Phi) is 7.50. The Bertz CT molecular complexity index is 3870. The van der Waals surface area contributed by atoms with E-state index in [1.807, 2.05) is 36.4 Å². The van der Waals surface area contributed by atoms with Crippen molar-refractivity contribution in [1.82, 2.24) is 23.9 Å². The van der Waals surface area contributed by atoms with Gasteiger partial charge in [-0.1, -0.05) is 152 Å². The summed E-state index contributed by atoms with van der Waals surface area (Å²) in [6, 6.07) is 75.1. The summed E-state index contributed by atoms with van der Waals surface area (Å²) in [6.07, 6.45) is 0. The molecule has 290 valence electrons. The molecule has 0 amide bonds. The summed E-state index contributed by atoms with van der Waals surface area (Å²) in [5.41, 5.74) is 13.6. The highest BCUT2D eigenvalue weighted by Crippen LogP contribution is 2.44. The molecule has 6 nitrogen and oxygen atoms in total. The van der Waals surface area contributed by atoms with Gasteiger partial charge in [-0.3, -0.25) is 4.57 Å². The zero-order valence-electron chi connectivity index (χ0n) is 33.4. The second-order valence-electron chi connectivity index (χ2n) is 15.8. The molecule has 13 aromatic rings. The molecule has 9 aromatic carbocycles. The van der Waals surface area contributed by atoms with Gasteiger partial charge in [-0.2, -0.15) is 0 Å². The first kappa shape index (κ1) is 34.4. The fourth-order valence-electron chi connectivity index (χ4n) is 9.76. The van der Waals surface area contributed by atoms with Crippen LogP contribution in [0.3, 0.4) is 0 Å². The fourth-order valence-corrected chi connectivity index (χ4v) is 9.76. The minimum Gasteiger partial charge on any atom is -0.456 e. The summed E-state index contributed by atoms with van der Waals surface area (Å²) >= 11 is 0. The van der Waals surface area contributed by atoms with E-state index in [1.165, 1.54) is 10.8 Å². The Morgan fingerprint density at radius 3 is 1.63 bits per heavy atom. The largest absolute Gasteiger partial charge is 0.456 e. The maximum Gasteiger partial charge on any atom is 0.169 e. The summed E-state index contributed by atoms with van der Waals surface area (Å²) in [5, 5.41) is 16.7. The van der Waals surface area contributed by atoms with Gasteiger partial charge in [0.2, 0.25) is 0 Å². The summed E-state index contributed by atoms with van der Waals surface area (Å²) in [7, 11) is 0. The van der Waals surface area contributed by atoms with E-state index in [-0.39, 0.29) is 0 Å². The highest BCUT2D eigenvalue weighted by atomic mass is 16.3. The van der Waals surface area contributed by atoms with Crippen molar-refractivity contribution in [3.05, 3.63) is 212 Å². The number of hydrogen-bond donors (Lipinski definition) is 0. The third-order valence-electron chi connectivity index (χ3n) is 12.4. The molecular weight excluding hydrogens is 759 g/mol. The van der Waals surface area contributed by atoms with Gasteiger partial charge < -0.3 is 13.6 Å². The van der Waals surface area contributed by atoms with E-state index in [2.05, 4.69) is 190 Å². The Balaban J connectivity index is 1.06. The summed E-state index contributed by atoms with van der Waals surface area (Å²) in [5.74, 6) is 1.58. The zero-order valence-corrected chi connectivity index (χ0v) is 33.4. The number of fused-ring (bicyclic) bond motifs is 9. The summed E-state index contributed by atoms with van der Waals surface area (Å²) < 4.78 is 13.5. The molecule has 0 saturated heterocycles. The lowest BCUT2D eigenvalue weighted by Crippen LogP contribution is -2.02. The van der Waals surface area contributed by atoms with Crippen LogP contribution in [-0.4, -0.2) is 23.9 Å². The van der Waals surface area contributed by atoms with Crippen LogP contribution in [0.2, 0.25) is 0 Å². The van der Waals surface area contributed by atoms with E-state index >= 15 is 0 Å². The predicted molar refractivity (Wildman–Crippen MR) is 254 cm³/mol. The third kappa shape index (κ3) is 5.04. The van der Waals surface area contributed by atoms with Crippen molar-refractivity contribution in [1.29, 1.82) is 0 Å². The van der Waals surface area contributed by atoms with Crippen LogP contribution in [0.25, 0.3) is 117 Å². The van der Waals surface area contributed by atoms with Gasteiger partial charge in [0, 0.05) is 66.3 Å². The number of rotatable bonds is 6. The van der Waals surface area contributed by atoms with Crippen LogP contribution in [0.1, 0.15) is 0 Å². The number of benzene rings is 9. The van der Waals surface area contributed by atoms with Gasteiger partial charge in [0.25, 0.3) is 0 Å².